The Hall–Kier alpha value is -1.86. The van der Waals surface area contributed by atoms with Crippen molar-refractivity contribution in [2.45, 2.75) is 436 Å². The first kappa shape index (κ1) is 83.2. The van der Waals surface area contributed by atoms with Gasteiger partial charge in [0.15, 0.2) is 12.4 Å². The Morgan fingerprint density at radius 1 is 0.437 bits per heavy atom. The van der Waals surface area contributed by atoms with Gasteiger partial charge in [0, 0.05) is 6.42 Å². The van der Waals surface area contributed by atoms with E-state index < -0.39 is 67.4 Å². The summed E-state index contributed by atoms with van der Waals surface area (Å²) >= 11 is 0. The fraction of sp³-hybridized carbons (Fsp3) is 0.921. The predicted octanol–water partition coefficient (Wildman–Crippen LogP) is 20.0. The average molecular weight is 1230 g/mol. The first-order valence-corrected chi connectivity index (χ1v) is 38.1. The van der Waals surface area contributed by atoms with Crippen LogP contribution in [-0.4, -0.2) is 99.6 Å². The van der Waals surface area contributed by atoms with Crippen molar-refractivity contribution in [3.63, 3.8) is 0 Å². The third-order valence-corrected chi connectivity index (χ3v) is 18.4. The molecule has 0 saturated carbocycles. The van der Waals surface area contributed by atoms with Crippen LogP contribution in [0.25, 0.3) is 0 Å². The van der Waals surface area contributed by atoms with Gasteiger partial charge in [-0.15, -0.1) is 0 Å². The van der Waals surface area contributed by atoms with Crippen molar-refractivity contribution >= 4 is 11.9 Å². The molecule has 87 heavy (non-hydrogen) atoms. The molecule has 0 aromatic rings. The maximum atomic E-state index is 13.5. The van der Waals surface area contributed by atoms with Gasteiger partial charge in [-0.3, -0.25) is 9.59 Å². The molecule has 1 aliphatic rings. The van der Waals surface area contributed by atoms with Gasteiger partial charge in [0.1, 0.15) is 24.4 Å². The molecule has 0 radical (unpaired) electrons. The Morgan fingerprint density at radius 3 is 1.11 bits per heavy atom. The molecule has 0 aromatic heterocycles. The standard InChI is InChI=1S/C76H145NO10/c1-4-7-10-13-16-19-22-25-27-29-31-33-34-35-37-38-40-42-45-48-51-54-57-60-63-69(80)75(84)77-67(68(79)62-59-56-53-50-47-44-24-21-18-15-12-9-6-3)66-85-76-74(73(83)72(82)70(65-78)86-76)87-71(81)64-61-58-55-52-49-46-43-41-39-36-32-30-28-26-23-20-17-14-11-8-5-2/h26,28,59,62,67-70,72-74,76,78-80,82-83H,4-25,27,29-58,60-61,63-66H2,1-3H3,(H,77,84)/b28-26+,62-59+. The zero-order valence-corrected chi connectivity index (χ0v) is 57.4. The second-order valence-corrected chi connectivity index (χ2v) is 26.7. The largest absolute Gasteiger partial charge is 0.454 e. The third kappa shape index (κ3) is 51.4. The van der Waals surface area contributed by atoms with E-state index in [1.54, 1.807) is 6.08 Å². The number of rotatable bonds is 67. The molecule has 8 unspecified atom stereocenters. The van der Waals surface area contributed by atoms with Crippen molar-refractivity contribution in [2.24, 2.45) is 0 Å². The van der Waals surface area contributed by atoms with Crippen LogP contribution in [0.15, 0.2) is 24.3 Å². The quantitative estimate of drug-likeness (QED) is 0.0195. The summed E-state index contributed by atoms with van der Waals surface area (Å²) in [4.78, 5) is 26.7. The molecule has 1 amide bonds. The minimum Gasteiger partial charge on any atom is -0.454 e. The number of carbonyl (C=O) groups is 2. The van der Waals surface area contributed by atoms with Crippen LogP contribution in [0.2, 0.25) is 0 Å². The summed E-state index contributed by atoms with van der Waals surface area (Å²) in [6.07, 6.45) is 68.0. The number of allylic oxidation sites excluding steroid dienone is 3. The topological polar surface area (TPSA) is 175 Å². The number of carbonyl (C=O) groups excluding carboxylic acids is 2. The Bertz CT molecular complexity index is 1510. The number of esters is 1. The van der Waals surface area contributed by atoms with Gasteiger partial charge in [-0.05, 0) is 51.4 Å². The SMILES string of the molecule is CCCCCCCC/C=C/CCCCCCCCCCCCCC(=O)OC1C(OCC(NC(=O)C(O)CCCCCCCCCCCCCCCCCCCCCCCCCC)C(O)/C=C/CCCCCCCCCCCCC)OC(CO)C(O)C1O. The second kappa shape index (κ2) is 64.3. The van der Waals surface area contributed by atoms with Gasteiger partial charge in [-0.1, -0.05) is 353 Å². The molecule has 0 aliphatic carbocycles. The zero-order valence-electron chi connectivity index (χ0n) is 57.4. The maximum Gasteiger partial charge on any atom is 0.306 e. The highest BCUT2D eigenvalue weighted by molar-refractivity contribution is 5.80. The molecule has 0 spiro atoms. The number of amides is 1. The summed E-state index contributed by atoms with van der Waals surface area (Å²) in [5.74, 6) is -1.17. The van der Waals surface area contributed by atoms with Gasteiger partial charge in [0.05, 0.1) is 25.4 Å². The van der Waals surface area contributed by atoms with Crippen LogP contribution in [-0.2, 0) is 23.8 Å². The molecule has 6 N–H and O–H groups in total. The van der Waals surface area contributed by atoms with Crippen LogP contribution in [0, 0.1) is 0 Å². The van der Waals surface area contributed by atoms with Gasteiger partial charge in [0.25, 0.3) is 0 Å². The third-order valence-electron chi connectivity index (χ3n) is 18.4. The average Bonchev–Trinajstić information content (AvgIpc) is 2.32. The van der Waals surface area contributed by atoms with Crippen LogP contribution in [0.1, 0.15) is 387 Å². The number of hydrogen-bond donors (Lipinski definition) is 6. The highest BCUT2D eigenvalue weighted by atomic mass is 16.7. The first-order chi connectivity index (χ1) is 42.7. The lowest BCUT2D eigenvalue weighted by molar-refractivity contribution is -0.305. The molecule has 0 bridgehead atoms. The Kier molecular flexibility index (Phi) is 61.4. The van der Waals surface area contributed by atoms with E-state index in [0.717, 1.165) is 57.8 Å². The van der Waals surface area contributed by atoms with Crippen molar-refractivity contribution < 1.29 is 49.3 Å². The molecule has 514 valence electrons. The fourth-order valence-corrected chi connectivity index (χ4v) is 12.4. The molecular weight excluding hydrogens is 1090 g/mol. The second-order valence-electron chi connectivity index (χ2n) is 26.7. The minimum atomic E-state index is -1.61. The van der Waals surface area contributed by atoms with Gasteiger partial charge in [-0.2, -0.15) is 0 Å². The zero-order chi connectivity index (χ0) is 63.1. The van der Waals surface area contributed by atoms with Crippen LogP contribution in [0.3, 0.4) is 0 Å². The van der Waals surface area contributed by atoms with Crippen LogP contribution in [0.5, 0.6) is 0 Å². The van der Waals surface area contributed by atoms with E-state index in [1.165, 1.54) is 283 Å². The van der Waals surface area contributed by atoms with Gasteiger partial charge >= 0.3 is 5.97 Å². The van der Waals surface area contributed by atoms with Crippen LogP contribution < -0.4 is 5.32 Å². The van der Waals surface area contributed by atoms with Gasteiger partial charge in [-0.25, -0.2) is 0 Å². The van der Waals surface area contributed by atoms with E-state index in [1.807, 2.05) is 6.08 Å². The van der Waals surface area contributed by atoms with Crippen LogP contribution in [0.4, 0.5) is 0 Å². The van der Waals surface area contributed by atoms with Gasteiger partial charge in [0.2, 0.25) is 5.91 Å². The van der Waals surface area contributed by atoms with Gasteiger partial charge < -0.3 is 45.1 Å². The number of unbranched alkanes of at least 4 members (excludes halogenated alkanes) is 51. The lowest BCUT2D eigenvalue weighted by atomic mass is 9.99. The summed E-state index contributed by atoms with van der Waals surface area (Å²) in [5, 5.41) is 57.4. The lowest BCUT2D eigenvalue weighted by Gasteiger charge is -2.41. The highest BCUT2D eigenvalue weighted by Gasteiger charge is 2.47. The smallest absolute Gasteiger partial charge is 0.306 e. The molecule has 1 fully saturated rings. The van der Waals surface area contributed by atoms with E-state index in [-0.39, 0.29) is 13.0 Å². The fourth-order valence-electron chi connectivity index (χ4n) is 12.4. The Morgan fingerprint density at radius 2 is 0.759 bits per heavy atom. The van der Waals surface area contributed by atoms with Crippen molar-refractivity contribution in [1.29, 1.82) is 0 Å². The lowest BCUT2D eigenvalue weighted by Crippen LogP contribution is -2.61. The molecule has 8 atom stereocenters. The molecule has 1 saturated heterocycles. The minimum absolute atomic E-state index is 0.128. The van der Waals surface area contributed by atoms with E-state index in [0.29, 0.717) is 19.3 Å². The maximum absolute atomic E-state index is 13.5. The molecular formula is C76H145NO10. The molecule has 11 nitrogen and oxygen atoms in total. The number of hydrogen-bond acceptors (Lipinski definition) is 10. The van der Waals surface area contributed by atoms with E-state index in [9.17, 15) is 35.1 Å². The monoisotopic (exact) mass is 1230 g/mol. The van der Waals surface area contributed by atoms with E-state index in [4.69, 9.17) is 14.2 Å². The molecule has 1 aliphatic heterocycles. The van der Waals surface area contributed by atoms with E-state index in [2.05, 4.69) is 38.2 Å². The van der Waals surface area contributed by atoms with Crippen molar-refractivity contribution in [3.8, 4) is 0 Å². The van der Waals surface area contributed by atoms with Crippen molar-refractivity contribution in [1.82, 2.24) is 5.32 Å². The van der Waals surface area contributed by atoms with Crippen molar-refractivity contribution in [3.05, 3.63) is 24.3 Å². The summed E-state index contributed by atoms with van der Waals surface area (Å²) in [6.45, 7) is 5.86. The molecule has 1 heterocycles. The molecule has 0 aromatic carbocycles. The molecule has 1 rings (SSSR count). The van der Waals surface area contributed by atoms with Crippen LogP contribution >= 0.6 is 0 Å². The number of aliphatic hydroxyl groups is 5. The normalized spacial score (nSPS) is 18.3. The predicted molar refractivity (Wildman–Crippen MR) is 366 cm³/mol. The summed E-state index contributed by atoms with van der Waals surface area (Å²) in [6, 6.07) is -1.02. The number of aliphatic hydroxyl groups excluding tert-OH is 5. The van der Waals surface area contributed by atoms with E-state index >= 15 is 0 Å². The Labute approximate surface area is 537 Å². The Balaban J connectivity index is 2.54. The summed E-state index contributed by atoms with van der Waals surface area (Å²) in [5.41, 5.74) is 0. The summed E-state index contributed by atoms with van der Waals surface area (Å²) < 4.78 is 17.7. The highest BCUT2D eigenvalue weighted by Crippen LogP contribution is 2.27. The summed E-state index contributed by atoms with van der Waals surface area (Å²) in [7, 11) is 0. The number of ether oxygens (including phenoxy) is 3. The van der Waals surface area contributed by atoms with Crippen molar-refractivity contribution in [2.75, 3.05) is 13.2 Å². The first-order valence-electron chi connectivity index (χ1n) is 38.1. The number of nitrogens with one attached hydrogen (secondary N) is 1. The molecule has 11 heteroatoms.